The third-order valence-corrected chi connectivity index (χ3v) is 3.64. The van der Waals surface area contributed by atoms with Crippen molar-refractivity contribution in [3.63, 3.8) is 0 Å². The zero-order valence-electron chi connectivity index (χ0n) is 11.0. The average Bonchev–Trinajstić information content (AvgIpc) is 2.89. The van der Waals surface area contributed by atoms with Crippen LogP contribution in [0.4, 0.5) is 0 Å². The lowest BCUT2D eigenvalue weighted by Gasteiger charge is -2.11. The van der Waals surface area contributed by atoms with Gasteiger partial charge in [0.2, 0.25) is 5.91 Å². The van der Waals surface area contributed by atoms with Crippen molar-refractivity contribution in [1.29, 1.82) is 0 Å². The number of H-pyrrole nitrogens is 1. The molecule has 3 rings (SSSR count). The Morgan fingerprint density at radius 3 is 2.62 bits per heavy atom. The van der Waals surface area contributed by atoms with Crippen LogP contribution in [-0.4, -0.2) is 44.4 Å². The summed E-state index contributed by atoms with van der Waals surface area (Å²) in [5.74, 6) is -2.14. The van der Waals surface area contributed by atoms with E-state index in [4.69, 9.17) is 0 Å². The summed E-state index contributed by atoms with van der Waals surface area (Å²) in [7, 11) is 1.34. The number of hydrogen-bond acceptors (Lipinski definition) is 4. The summed E-state index contributed by atoms with van der Waals surface area (Å²) in [6.45, 7) is 0. The molecule has 1 saturated heterocycles. The molecule has 1 fully saturated rings. The smallest absolute Gasteiger partial charge is 0.337 e. The van der Waals surface area contributed by atoms with E-state index >= 15 is 0 Å². The first-order chi connectivity index (χ1) is 9.91. The molecule has 2 amide bonds. The van der Waals surface area contributed by atoms with Gasteiger partial charge >= 0.3 is 11.7 Å². The number of carboxylic acid groups (broad SMARTS) is 1. The fraction of sp³-hybridized carbons (Fsp3) is 0.231. The molecule has 2 N–H and O–H groups in total. The third-order valence-electron chi connectivity index (χ3n) is 3.64. The minimum Gasteiger partial charge on any atom is -0.478 e. The van der Waals surface area contributed by atoms with Crippen molar-refractivity contribution in [3.8, 4) is 0 Å². The lowest BCUT2D eigenvalue weighted by atomic mass is 10.1. The number of nitrogens with zero attached hydrogens (tertiary/aromatic N) is 2. The maximum absolute atomic E-state index is 12.1. The number of aromatic carboxylic acids is 1. The van der Waals surface area contributed by atoms with Gasteiger partial charge in [-0.2, -0.15) is 0 Å². The van der Waals surface area contributed by atoms with Crippen LogP contribution in [0, 0.1) is 0 Å². The summed E-state index contributed by atoms with van der Waals surface area (Å²) < 4.78 is 1.06. The molecule has 1 aromatic heterocycles. The number of para-hydroxylation sites is 1. The molecule has 8 nitrogen and oxygen atoms in total. The normalized spacial score (nSPS) is 18.7. The summed E-state index contributed by atoms with van der Waals surface area (Å²) in [6.07, 6.45) is -0.157. The summed E-state index contributed by atoms with van der Waals surface area (Å²) >= 11 is 0. The number of amides is 2. The number of imide groups is 1. The van der Waals surface area contributed by atoms with Crippen LogP contribution in [0.15, 0.2) is 23.0 Å². The van der Waals surface area contributed by atoms with Crippen molar-refractivity contribution in [2.24, 2.45) is 0 Å². The Hall–Kier alpha value is -2.90. The molecule has 0 aliphatic carbocycles. The highest BCUT2D eigenvalue weighted by atomic mass is 16.4. The maximum atomic E-state index is 12.1. The summed E-state index contributed by atoms with van der Waals surface area (Å²) in [5, 5.41) is 9.24. The maximum Gasteiger partial charge on any atom is 0.337 e. The molecule has 0 radical (unpaired) electrons. The van der Waals surface area contributed by atoms with Crippen molar-refractivity contribution in [2.45, 2.75) is 12.5 Å². The first-order valence-electron chi connectivity index (χ1n) is 6.18. The second kappa shape index (κ2) is 4.30. The van der Waals surface area contributed by atoms with Crippen molar-refractivity contribution in [2.75, 3.05) is 7.05 Å². The molecule has 1 aliphatic rings. The largest absolute Gasteiger partial charge is 0.478 e. The number of aromatic amines is 1. The van der Waals surface area contributed by atoms with Crippen molar-refractivity contribution in [1.82, 2.24) is 14.5 Å². The predicted molar refractivity (Wildman–Crippen MR) is 70.9 cm³/mol. The van der Waals surface area contributed by atoms with Gasteiger partial charge < -0.3 is 10.1 Å². The highest BCUT2D eigenvalue weighted by Crippen LogP contribution is 2.27. The van der Waals surface area contributed by atoms with Gasteiger partial charge in [0.15, 0.2) is 0 Å². The number of carboxylic acids is 1. The van der Waals surface area contributed by atoms with Gasteiger partial charge in [-0.05, 0) is 12.1 Å². The number of likely N-dealkylation sites (N-methyl/N-ethyl adjacent to an activating group) is 1. The molecule has 2 aromatic rings. The number of imidazole rings is 1. The van der Waals surface area contributed by atoms with Crippen LogP contribution >= 0.6 is 0 Å². The molecular formula is C13H11N3O5. The number of fused-ring (bicyclic) bond motifs is 1. The molecule has 0 saturated carbocycles. The number of benzene rings is 1. The SMILES string of the molecule is CN1C(=O)CC(n2c(=O)[nH]c3cccc(C(=O)O)c32)C1=O. The van der Waals surface area contributed by atoms with Gasteiger partial charge in [-0.25, -0.2) is 9.59 Å². The lowest BCUT2D eigenvalue weighted by Crippen LogP contribution is -2.30. The molecule has 1 aromatic carbocycles. The van der Waals surface area contributed by atoms with E-state index in [1.165, 1.54) is 19.2 Å². The van der Waals surface area contributed by atoms with Crippen molar-refractivity contribution in [3.05, 3.63) is 34.2 Å². The van der Waals surface area contributed by atoms with Gasteiger partial charge in [0.25, 0.3) is 5.91 Å². The minimum atomic E-state index is -1.21. The minimum absolute atomic E-state index is 0.0966. The van der Waals surface area contributed by atoms with Crippen molar-refractivity contribution >= 4 is 28.8 Å². The molecule has 2 heterocycles. The van der Waals surface area contributed by atoms with E-state index in [9.17, 15) is 24.3 Å². The Morgan fingerprint density at radius 1 is 1.33 bits per heavy atom. The Kier molecular flexibility index (Phi) is 2.68. The zero-order valence-corrected chi connectivity index (χ0v) is 11.0. The van der Waals surface area contributed by atoms with E-state index in [1.807, 2.05) is 0 Å². The zero-order chi connectivity index (χ0) is 15.3. The van der Waals surface area contributed by atoms with Gasteiger partial charge in [-0.1, -0.05) is 6.07 Å². The first kappa shape index (κ1) is 13.1. The molecular weight excluding hydrogens is 278 g/mol. The van der Waals surface area contributed by atoms with E-state index < -0.39 is 29.5 Å². The van der Waals surface area contributed by atoms with E-state index in [-0.39, 0.29) is 17.5 Å². The number of aromatic nitrogens is 2. The fourth-order valence-electron chi connectivity index (χ4n) is 2.59. The van der Waals surface area contributed by atoms with Crippen LogP contribution in [0.3, 0.4) is 0 Å². The predicted octanol–water partition coefficient (Wildman–Crippen LogP) is -0.0424. The quantitative estimate of drug-likeness (QED) is 0.753. The molecule has 1 atom stereocenters. The third kappa shape index (κ3) is 1.76. The molecule has 21 heavy (non-hydrogen) atoms. The van der Waals surface area contributed by atoms with Gasteiger partial charge in [-0.15, -0.1) is 0 Å². The van der Waals surface area contributed by atoms with Crippen LogP contribution in [0.5, 0.6) is 0 Å². The fourth-order valence-corrected chi connectivity index (χ4v) is 2.59. The lowest BCUT2D eigenvalue weighted by molar-refractivity contribution is -0.137. The Morgan fingerprint density at radius 2 is 2.05 bits per heavy atom. The van der Waals surface area contributed by atoms with E-state index in [0.29, 0.717) is 5.52 Å². The summed E-state index contributed by atoms with van der Waals surface area (Å²) in [6, 6.07) is 3.38. The molecule has 0 spiro atoms. The Labute approximate surface area is 117 Å². The standard InChI is InChI=1S/C13H11N3O5/c1-15-9(17)5-8(11(15)18)16-10-6(12(19)20)3-2-4-7(10)14-13(16)21/h2-4,8H,5H2,1H3,(H,14,21)(H,19,20). The van der Waals surface area contributed by atoms with E-state index in [1.54, 1.807) is 6.07 Å². The van der Waals surface area contributed by atoms with Crippen LogP contribution in [0.1, 0.15) is 22.8 Å². The van der Waals surface area contributed by atoms with Gasteiger partial charge in [0, 0.05) is 7.05 Å². The first-order valence-corrected chi connectivity index (χ1v) is 6.18. The van der Waals surface area contributed by atoms with Crippen LogP contribution in [0.25, 0.3) is 11.0 Å². The number of hydrogen-bond donors (Lipinski definition) is 2. The number of nitrogens with one attached hydrogen (secondary N) is 1. The molecule has 1 aliphatic heterocycles. The average molecular weight is 289 g/mol. The van der Waals surface area contributed by atoms with E-state index in [0.717, 1.165) is 9.47 Å². The Balaban J connectivity index is 2.31. The number of likely N-dealkylation sites (tertiary alicyclic amines) is 1. The number of carbonyl (C=O) groups excluding carboxylic acids is 2. The van der Waals surface area contributed by atoms with Crippen LogP contribution in [-0.2, 0) is 9.59 Å². The van der Waals surface area contributed by atoms with Gasteiger partial charge in [0.05, 0.1) is 23.0 Å². The monoisotopic (exact) mass is 289 g/mol. The van der Waals surface area contributed by atoms with Gasteiger partial charge in [0.1, 0.15) is 6.04 Å². The number of carbonyl (C=O) groups is 3. The Bertz CT molecular complexity index is 847. The summed E-state index contributed by atoms with van der Waals surface area (Å²) in [4.78, 5) is 50.6. The molecule has 108 valence electrons. The molecule has 0 bridgehead atoms. The second-order valence-electron chi connectivity index (χ2n) is 4.82. The highest BCUT2D eigenvalue weighted by Gasteiger charge is 2.39. The van der Waals surface area contributed by atoms with Crippen LogP contribution in [0.2, 0.25) is 0 Å². The highest BCUT2D eigenvalue weighted by molar-refractivity contribution is 6.06. The van der Waals surface area contributed by atoms with Crippen LogP contribution < -0.4 is 5.69 Å². The van der Waals surface area contributed by atoms with Gasteiger partial charge in [-0.3, -0.25) is 19.1 Å². The van der Waals surface area contributed by atoms with E-state index in [2.05, 4.69) is 4.98 Å². The second-order valence-corrected chi connectivity index (χ2v) is 4.82. The topological polar surface area (TPSA) is 112 Å². The molecule has 1 unspecified atom stereocenters. The molecule has 8 heteroatoms. The summed E-state index contributed by atoms with van der Waals surface area (Å²) in [5.41, 5.74) is -0.271. The van der Waals surface area contributed by atoms with Crippen molar-refractivity contribution < 1.29 is 19.5 Å². The number of rotatable bonds is 2.